The molecule has 0 radical (unpaired) electrons. The van der Waals surface area contributed by atoms with Gasteiger partial charge in [-0.25, -0.2) is 0 Å². The molecule has 14 aromatic carbocycles. The van der Waals surface area contributed by atoms with Gasteiger partial charge in [-0.1, -0.05) is 255 Å². The van der Waals surface area contributed by atoms with Crippen LogP contribution in [0.4, 0.5) is 5.69 Å². The average molecular weight is 1370 g/mol. The highest BCUT2D eigenvalue weighted by Gasteiger charge is 2.39. The average Bonchev–Trinajstić information content (AvgIpc) is 1.69. The maximum absolute atomic E-state index is 2.70. The van der Waals surface area contributed by atoms with Crippen molar-refractivity contribution < 1.29 is 0 Å². The lowest BCUT2D eigenvalue weighted by atomic mass is 9.77. The Morgan fingerprint density at radius 3 is 0.907 bits per heavy atom. The van der Waals surface area contributed by atoms with Crippen LogP contribution in [0.3, 0.4) is 0 Å². The summed E-state index contributed by atoms with van der Waals surface area (Å²) in [6.45, 7) is 2.48. The third-order valence-corrected chi connectivity index (χ3v) is 23.9. The van der Waals surface area contributed by atoms with Crippen LogP contribution < -0.4 is 4.90 Å². The predicted octanol–water partition coefficient (Wildman–Crippen LogP) is 24.6. The molecule has 4 aromatic heterocycles. The number of hydrogen-bond acceptors (Lipinski definition) is 1. The van der Waals surface area contributed by atoms with Gasteiger partial charge in [0.05, 0.1) is 56.2 Å². The van der Waals surface area contributed by atoms with Crippen molar-refractivity contribution in [3.05, 3.63) is 425 Å². The minimum absolute atomic E-state index is 0.227. The molecule has 0 fully saturated rings. The lowest BCUT2D eigenvalue weighted by Crippen LogP contribution is -2.40. The van der Waals surface area contributed by atoms with Crippen molar-refractivity contribution in [2.45, 2.75) is 63.5 Å². The van der Waals surface area contributed by atoms with E-state index in [1.54, 1.807) is 0 Å². The summed E-state index contributed by atoms with van der Waals surface area (Å²) in [5, 5.41) is 10.1. The van der Waals surface area contributed by atoms with E-state index in [0.717, 1.165) is 61.3 Å². The molecule has 0 saturated carbocycles. The highest BCUT2D eigenvalue weighted by Crippen LogP contribution is 2.47. The first-order valence-corrected chi connectivity index (χ1v) is 38.0. The van der Waals surface area contributed by atoms with Crippen molar-refractivity contribution in [2.75, 3.05) is 4.90 Å². The van der Waals surface area contributed by atoms with Crippen LogP contribution in [-0.2, 0) is 32.1 Å². The first-order valence-electron chi connectivity index (χ1n) is 38.0. The molecule has 0 N–H and O–H groups in total. The Morgan fingerprint density at radius 1 is 0.280 bits per heavy atom. The van der Waals surface area contributed by atoms with Crippen LogP contribution in [0.1, 0.15) is 73.5 Å². The first-order chi connectivity index (χ1) is 53.0. The third kappa shape index (κ3) is 10.5. The number of aromatic nitrogens is 4. The van der Waals surface area contributed by atoms with Crippen LogP contribution in [0.5, 0.6) is 0 Å². The second kappa shape index (κ2) is 25.7. The Kier molecular flexibility index (Phi) is 15.0. The Hall–Kier alpha value is -13.0. The Morgan fingerprint density at radius 2 is 0.570 bits per heavy atom. The Balaban J connectivity index is 0.753. The standard InChI is InChI=1S/C102H77N5/c1-67-88(62-68-42-52-73(53-43-68)103-93-32-12-2-22-78(93)79-23-3-13-33-94(79)103)90(64-70-46-56-75(57-47-70)105-97-36-16-6-26-82(97)83-27-7-17-37-98(83)105)92(66-72-50-60-77(61-51-72)107-101-40-20-10-30-86(101)87-31-11-21-41-102(87)107)91(65-71-48-58-76(59-49-71)106-99-38-18-8-28-84(99)85-29-9-19-39-100(85)106)89(67)63-69-44-54-74(55-45-69)104-95-34-14-4-24-80(95)81-25-5-15-35-96(81)104/h2-54,56-61,74,80,95H,55,62-66H2,1H3. The number of benzene rings is 14. The number of anilines is 1. The number of fused-ring (bicyclic) bond motifs is 15. The normalized spacial score (nSPS) is 15.5. The Bertz CT molecular complexity index is 6490. The van der Waals surface area contributed by atoms with Crippen molar-refractivity contribution in [1.82, 2.24) is 18.3 Å². The van der Waals surface area contributed by atoms with Gasteiger partial charge in [0.15, 0.2) is 0 Å². The minimum atomic E-state index is 0.227. The molecule has 3 aliphatic rings. The quantitative estimate of drug-likeness (QED) is 0.100. The fourth-order valence-electron chi connectivity index (χ4n) is 18.9. The fourth-order valence-corrected chi connectivity index (χ4v) is 18.9. The van der Waals surface area contributed by atoms with Crippen LogP contribution in [-0.4, -0.2) is 30.4 Å². The summed E-state index contributed by atoms with van der Waals surface area (Å²) in [4.78, 5) is 2.70. The largest absolute Gasteiger partial charge is 0.357 e. The zero-order chi connectivity index (χ0) is 70.6. The summed E-state index contributed by atoms with van der Waals surface area (Å²) in [6.07, 6.45) is 21.7. The van der Waals surface area contributed by atoms with Gasteiger partial charge < -0.3 is 23.2 Å². The van der Waals surface area contributed by atoms with Crippen LogP contribution in [0.2, 0.25) is 0 Å². The highest BCUT2D eigenvalue weighted by atomic mass is 15.2. The molecule has 510 valence electrons. The van der Waals surface area contributed by atoms with E-state index in [0.29, 0.717) is 5.92 Å². The van der Waals surface area contributed by atoms with E-state index in [1.807, 2.05) is 0 Å². The van der Waals surface area contributed by atoms with Gasteiger partial charge in [-0.05, 0) is 215 Å². The van der Waals surface area contributed by atoms with Crippen molar-refractivity contribution in [3.8, 4) is 22.7 Å². The van der Waals surface area contributed by atoms with Gasteiger partial charge in [0, 0.05) is 77.4 Å². The van der Waals surface area contributed by atoms with Gasteiger partial charge in [0.1, 0.15) is 0 Å². The van der Waals surface area contributed by atoms with Crippen LogP contribution in [0.15, 0.2) is 364 Å². The molecule has 5 nitrogen and oxygen atoms in total. The number of para-hydroxylation sites is 9. The van der Waals surface area contributed by atoms with Gasteiger partial charge in [-0.3, -0.25) is 0 Å². The minimum Gasteiger partial charge on any atom is -0.357 e. The van der Waals surface area contributed by atoms with Gasteiger partial charge in [0.25, 0.3) is 0 Å². The first kappa shape index (κ1) is 62.6. The monoisotopic (exact) mass is 1370 g/mol. The SMILES string of the molecule is Cc1c(CC2=CCC(N3c4ccccc4C4C=CC=CC43)C=C2)c(Cc2ccc(-n3c4ccccc4c4ccccc43)cc2)c(Cc2ccc(-n3c4ccccc4c4ccccc43)cc2)c(Cc2ccc(-n3c4ccccc4c4ccccc43)cc2)c1Cc1ccc(-n2c3ccccc3c3ccccc32)cc1. The van der Waals surface area contributed by atoms with E-state index < -0.39 is 0 Å². The molecule has 18 aromatic rings. The summed E-state index contributed by atoms with van der Waals surface area (Å²) in [6, 6.07) is 119. The molecule has 3 atom stereocenters. The second-order valence-corrected chi connectivity index (χ2v) is 29.7. The lowest BCUT2D eigenvalue weighted by molar-refractivity contribution is 0.611. The topological polar surface area (TPSA) is 23.0 Å². The van der Waals surface area contributed by atoms with E-state index in [2.05, 4.69) is 388 Å². The maximum Gasteiger partial charge on any atom is 0.0586 e. The van der Waals surface area contributed by atoms with Crippen molar-refractivity contribution in [2.24, 2.45) is 0 Å². The molecule has 3 unspecified atom stereocenters. The third-order valence-electron chi connectivity index (χ3n) is 23.9. The molecular weight excluding hydrogens is 1300 g/mol. The molecule has 21 rings (SSSR count). The van der Waals surface area contributed by atoms with Gasteiger partial charge in [0.2, 0.25) is 0 Å². The molecule has 0 amide bonds. The van der Waals surface area contributed by atoms with E-state index in [4.69, 9.17) is 0 Å². The van der Waals surface area contributed by atoms with Crippen molar-refractivity contribution in [1.29, 1.82) is 0 Å². The summed E-state index contributed by atoms with van der Waals surface area (Å²) in [7, 11) is 0. The molecule has 5 heterocycles. The van der Waals surface area contributed by atoms with Crippen LogP contribution >= 0.6 is 0 Å². The zero-order valence-corrected chi connectivity index (χ0v) is 59.8. The van der Waals surface area contributed by atoms with E-state index in [-0.39, 0.29) is 12.1 Å². The van der Waals surface area contributed by atoms with Crippen LogP contribution in [0.25, 0.3) is 110 Å². The van der Waals surface area contributed by atoms with Gasteiger partial charge >= 0.3 is 0 Å². The molecule has 0 spiro atoms. The lowest BCUT2D eigenvalue weighted by Gasteiger charge is -2.35. The maximum atomic E-state index is 2.70. The fraction of sp³-hybridized carbons (Fsp3) is 0.0980. The van der Waals surface area contributed by atoms with E-state index >= 15 is 0 Å². The molecule has 0 saturated heterocycles. The number of hydrogen-bond donors (Lipinski definition) is 0. The predicted molar refractivity (Wildman–Crippen MR) is 449 cm³/mol. The Labute approximate surface area is 623 Å². The molecule has 1 aliphatic heterocycles. The smallest absolute Gasteiger partial charge is 0.0586 e. The molecule has 2 aliphatic carbocycles. The van der Waals surface area contributed by atoms with E-state index in [9.17, 15) is 0 Å². The van der Waals surface area contributed by atoms with Gasteiger partial charge in [-0.15, -0.1) is 0 Å². The van der Waals surface area contributed by atoms with Gasteiger partial charge in [-0.2, -0.15) is 0 Å². The number of nitrogens with zero attached hydrogens (tertiary/aromatic N) is 5. The summed E-state index contributed by atoms with van der Waals surface area (Å²) < 4.78 is 9.79. The molecule has 107 heavy (non-hydrogen) atoms. The number of allylic oxidation sites excluding steroid dienone is 4. The highest BCUT2D eigenvalue weighted by molar-refractivity contribution is 6.12. The number of rotatable bonds is 15. The summed E-state index contributed by atoms with van der Waals surface area (Å²) >= 11 is 0. The molecular formula is C102H77N5. The molecule has 5 heteroatoms. The van der Waals surface area contributed by atoms with E-state index in [1.165, 1.54) is 160 Å². The summed E-state index contributed by atoms with van der Waals surface area (Å²) in [5.41, 5.74) is 32.1. The summed E-state index contributed by atoms with van der Waals surface area (Å²) in [5.74, 6) is 0.347. The zero-order valence-electron chi connectivity index (χ0n) is 59.8. The van der Waals surface area contributed by atoms with Crippen LogP contribution in [0, 0.1) is 6.92 Å². The second-order valence-electron chi connectivity index (χ2n) is 29.7. The van der Waals surface area contributed by atoms with Crippen molar-refractivity contribution in [3.63, 3.8) is 0 Å². The molecule has 0 bridgehead atoms. The van der Waals surface area contributed by atoms with Crippen molar-refractivity contribution >= 4 is 92.9 Å².